The fourth-order valence-corrected chi connectivity index (χ4v) is 5.35. The van der Waals surface area contributed by atoms with Crippen molar-refractivity contribution in [1.29, 1.82) is 0 Å². The number of fused-ring (bicyclic) bond motifs is 5. The zero-order chi connectivity index (χ0) is 16.1. The lowest BCUT2D eigenvalue weighted by molar-refractivity contribution is 0.258. The quantitative estimate of drug-likeness (QED) is 0.726. The van der Waals surface area contributed by atoms with Crippen molar-refractivity contribution in [3.63, 3.8) is 0 Å². The fourth-order valence-electron chi connectivity index (χ4n) is 4.02. The van der Waals surface area contributed by atoms with E-state index < -0.39 is 0 Å². The van der Waals surface area contributed by atoms with Crippen LogP contribution in [-0.4, -0.2) is 56.1 Å². The number of nitrogens with zero attached hydrogens (tertiary/aromatic N) is 7. The summed E-state index contributed by atoms with van der Waals surface area (Å²) < 4.78 is 1.82. The first-order chi connectivity index (χ1) is 11.8. The molecule has 0 saturated carbocycles. The third-order valence-electron chi connectivity index (χ3n) is 5.14. The lowest BCUT2D eigenvalue weighted by Crippen LogP contribution is -2.30. The van der Waals surface area contributed by atoms with Crippen LogP contribution in [0.2, 0.25) is 0 Å². The van der Waals surface area contributed by atoms with Gasteiger partial charge in [0, 0.05) is 31.1 Å². The van der Waals surface area contributed by atoms with Crippen molar-refractivity contribution in [2.24, 2.45) is 0 Å². The van der Waals surface area contributed by atoms with Crippen molar-refractivity contribution in [3.05, 3.63) is 10.4 Å². The highest BCUT2D eigenvalue weighted by molar-refractivity contribution is 7.19. The van der Waals surface area contributed by atoms with E-state index >= 15 is 0 Å². The maximum atomic E-state index is 4.83. The highest BCUT2D eigenvalue weighted by Crippen LogP contribution is 2.40. The SMILES string of the molecule is CCCN1CCc2c(sc3c2c(N2CCCC2)nc2nnnn23)C1. The Morgan fingerprint density at radius 3 is 2.88 bits per heavy atom. The van der Waals surface area contributed by atoms with Gasteiger partial charge in [0.05, 0.1) is 5.39 Å². The zero-order valence-electron chi connectivity index (χ0n) is 13.9. The number of rotatable bonds is 3. The average Bonchev–Trinajstić information content (AvgIpc) is 3.32. The molecule has 2 aliphatic heterocycles. The summed E-state index contributed by atoms with van der Waals surface area (Å²) in [5, 5.41) is 13.4. The average molecular weight is 343 g/mol. The third-order valence-corrected chi connectivity index (χ3v) is 6.33. The molecule has 3 aromatic heterocycles. The van der Waals surface area contributed by atoms with E-state index in [1.54, 1.807) is 0 Å². The molecule has 5 rings (SSSR count). The van der Waals surface area contributed by atoms with Gasteiger partial charge in [-0.2, -0.15) is 9.50 Å². The van der Waals surface area contributed by atoms with Crippen LogP contribution in [0.25, 0.3) is 16.0 Å². The van der Waals surface area contributed by atoms with Crippen LogP contribution in [0.4, 0.5) is 5.82 Å². The van der Waals surface area contributed by atoms with Crippen LogP contribution in [0.1, 0.15) is 36.6 Å². The Kier molecular flexibility index (Phi) is 3.41. The molecular formula is C16H21N7S. The van der Waals surface area contributed by atoms with E-state index in [0.29, 0.717) is 5.78 Å². The lowest BCUT2D eigenvalue weighted by Gasteiger charge is -2.26. The number of tetrazole rings is 1. The monoisotopic (exact) mass is 343 g/mol. The fraction of sp³-hybridized carbons (Fsp3) is 0.625. The normalized spacial score (nSPS) is 18.8. The molecule has 0 aromatic carbocycles. The van der Waals surface area contributed by atoms with E-state index in [1.807, 2.05) is 15.9 Å². The van der Waals surface area contributed by atoms with Gasteiger partial charge >= 0.3 is 0 Å². The summed E-state index contributed by atoms with van der Waals surface area (Å²) >= 11 is 1.85. The van der Waals surface area contributed by atoms with Gasteiger partial charge in [-0.3, -0.25) is 4.90 Å². The Hall–Kier alpha value is -1.80. The van der Waals surface area contributed by atoms with Crippen molar-refractivity contribution in [1.82, 2.24) is 29.9 Å². The third kappa shape index (κ3) is 2.12. The molecule has 3 aromatic rings. The number of aromatic nitrogens is 5. The summed E-state index contributed by atoms with van der Waals surface area (Å²) in [6.45, 7) is 7.79. The van der Waals surface area contributed by atoms with Crippen LogP contribution < -0.4 is 4.90 Å². The molecule has 1 saturated heterocycles. The molecule has 126 valence electrons. The van der Waals surface area contributed by atoms with Gasteiger partial charge in [0.25, 0.3) is 5.78 Å². The van der Waals surface area contributed by atoms with Crippen molar-refractivity contribution >= 4 is 33.1 Å². The van der Waals surface area contributed by atoms with E-state index in [4.69, 9.17) is 4.98 Å². The Morgan fingerprint density at radius 1 is 1.17 bits per heavy atom. The van der Waals surface area contributed by atoms with Gasteiger partial charge < -0.3 is 4.90 Å². The maximum Gasteiger partial charge on any atom is 0.276 e. The van der Waals surface area contributed by atoms with Gasteiger partial charge in [-0.15, -0.1) is 11.3 Å². The molecule has 8 heteroatoms. The number of hydrogen-bond acceptors (Lipinski definition) is 7. The van der Waals surface area contributed by atoms with Gasteiger partial charge in [-0.05, 0) is 48.2 Å². The molecule has 0 unspecified atom stereocenters. The van der Waals surface area contributed by atoms with E-state index in [2.05, 4.69) is 32.2 Å². The van der Waals surface area contributed by atoms with Crippen molar-refractivity contribution in [2.75, 3.05) is 31.1 Å². The topological polar surface area (TPSA) is 62.5 Å². The summed E-state index contributed by atoms with van der Waals surface area (Å²) in [6, 6.07) is 0. The number of hydrogen-bond donors (Lipinski definition) is 0. The molecule has 0 radical (unpaired) electrons. The first kappa shape index (κ1) is 14.5. The minimum atomic E-state index is 0.619. The second kappa shape index (κ2) is 5.63. The molecule has 1 fully saturated rings. The van der Waals surface area contributed by atoms with E-state index in [1.165, 1.54) is 41.6 Å². The summed E-state index contributed by atoms with van der Waals surface area (Å²) in [5.74, 6) is 1.72. The number of anilines is 1. The lowest BCUT2D eigenvalue weighted by atomic mass is 10.0. The first-order valence-electron chi connectivity index (χ1n) is 8.85. The Labute approximate surface area is 144 Å². The smallest absolute Gasteiger partial charge is 0.276 e. The Morgan fingerprint density at radius 2 is 2.04 bits per heavy atom. The van der Waals surface area contributed by atoms with Gasteiger partial charge in [-0.1, -0.05) is 12.0 Å². The molecule has 24 heavy (non-hydrogen) atoms. The predicted octanol–water partition coefficient (Wildman–Crippen LogP) is 2.10. The van der Waals surface area contributed by atoms with E-state index in [-0.39, 0.29) is 0 Å². The molecule has 2 aliphatic rings. The standard InChI is InChI=1S/C16H21N7S/c1-2-6-21-9-5-11-12(10-21)24-15-13(11)14(22-7-3-4-8-22)17-16-18-19-20-23(15)16/h2-10H2,1H3. The molecule has 7 nitrogen and oxygen atoms in total. The van der Waals surface area contributed by atoms with Crippen molar-refractivity contribution < 1.29 is 0 Å². The molecular weight excluding hydrogens is 322 g/mol. The summed E-state index contributed by atoms with van der Waals surface area (Å²) in [5.41, 5.74) is 1.48. The molecule has 0 bridgehead atoms. The molecule has 0 atom stereocenters. The van der Waals surface area contributed by atoms with E-state index in [0.717, 1.165) is 43.2 Å². The van der Waals surface area contributed by atoms with Gasteiger partial charge in [0.15, 0.2) is 0 Å². The van der Waals surface area contributed by atoms with Crippen LogP contribution in [0.5, 0.6) is 0 Å². The van der Waals surface area contributed by atoms with Crippen molar-refractivity contribution in [3.8, 4) is 0 Å². The Balaban J connectivity index is 1.72. The van der Waals surface area contributed by atoms with Gasteiger partial charge in [-0.25, -0.2) is 0 Å². The number of thiophene rings is 1. The van der Waals surface area contributed by atoms with Crippen LogP contribution in [0.3, 0.4) is 0 Å². The second-order valence-corrected chi connectivity index (χ2v) is 7.81. The summed E-state index contributed by atoms with van der Waals surface area (Å²) in [7, 11) is 0. The molecule has 5 heterocycles. The molecule has 0 aliphatic carbocycles. The predicted molar refractivity (Wildman–Crippen MR) is 94.7 cm³/mol. The zero-order valence-corrected chi connectivity index (χ0v) is 14.7. The minimum Gasteiger partial charge on any atom is -0.356 e. The van der Waals surface area contributed by atoms with Crippen LogP contribution in [-0.2, 0) is 13.0 Å². The second-order valence-electron chi connectivity index (χ2n) is 6.73. The van der Waals surface area contributed by atoms with Crippen molar-refractivity contribution in [2.45, 2.75) is 39.2 Å². The maximum absolute atomic E-state index is 4.83. The minimum absolute atomic E-state index is 0.619. The highest BCUT2D eigenvalue weighted by atomic mass is 32.1. The molecule has 0 spiro atoms. The summed E-state index contributed by atoms with van der Waals surface area (Å²) in [6.07, 6.45) is 4.80. The van der Waals surface area contributed by atoms with E-state index in [9.17, 15) is 0 Å². The van der Waals surface area contributed by atoms with Crippen LogP contribution in [0, 0.1) is 0 Å². The molecule has 0 N–H and O–H groups in total. The Bertz CT molecular complexity index is 893. The van der Waals surface area contributed by atoms with Gasteiger partial charge in [0.1, 0.15) is 10.6 Å². The highest BCUT2D eigenvalue weighted by Gasteiger charge is 2.28. The largest absolute Gasteiger partial charge is 0.356 e. The van der Waals surface area contributed by atoms with Crippen LogP contribution in [0.15, 0.2) is 0 Å². The van der Waals surface area contributed by atoms with Gasteiger partial charge in [0.2, 0.25) is 0 Å². The van der Waals surface area contributed by atoms with Crippen LogP contribution >= 0.6 is 11.3 Å². The summed E-state index contributed by atoms with van der Waals surface area (Å²) in [4.78, 5) is 12.4. The first-order valence-corrected chi connectivity index (χ1v) is 9.66. The molecule has 0 amide bonds.